The van der Waals surface area contributed by atoms with Gasteiger partial charge in [0.05, 0.1) is 10.1 Å². The third-order valence-corrected chi connectivity index (χ3v) is 1.82. The van der Waals surface area contributed by atoms with Crippen molar-refractivity contribution in [3.05, 3.63) is 0 Å². The van der Waals surface area contributed by atoms with Crippen LogP contribution >= 0.6 is 0 Å². The maximum Gasteiger partial charge on any atom is 0.0945 e. The highest BCUT2D eigenvalue weighted by atomic mass is 32.2. The molecular weight excluding hydrogens is 196 g/mol. The highest BCUT2D eigenvalue weighted by molar-refractivity contribution is 7.85. The zero-order chi connectivity index (χ0) is 10.9. The first-order valence-electron chi connectivity index (χ1n) is 3.96. The molecule has 13 heavy (non-hydrogen) atoms. The summed E-state index contributed by atoms with van der Waals surface area (Å²) in [5.74, 6) is -1.20. The van der Waals surface area contributed by atoms with Crippen LogP contribution in [0.2, 0.25) is 0 Å². The van der Waals surface area contributed by atoms with Crippen LogP contribution in [0.15, 0.2) is 0 Å². The van der Waals surface area contributed by atoms with E-state index < -0.39 is 16.1 Å². The summed E-state index contributed by atoms with van der Waals surface area (Å²) >= 11 is 0. The van der Waals surface area contributed by atoms with Gasteiger partial charge in [-0.15, -0.1) is 0 Å². The van der Waals surface area contributed by atoms with Crippen molar-refractivity contribution in [1.82, 2.24) is 0 Å². The first kappa shape index (κ1) is 14.9. The van der Waals surface area contributed by atoms with E-state index >= 15 is 0 Å². The normalized spacial score (nSPS) is 10.1. The second kappa shape index (κ2) is 8.00. The van der Waals surface area contributed by atoms with E-state index in [2.05, 4.69) is 0 Å². The zero-order valence-electron chi connectivity index (χ0n) is 7.78. The summed E-state index contributed by atoms with van der Waals surface area (Å²) in [5.41, 5.74) is 0. The number of carbonyl (C=O) groups is 1. The Morgan fingerprint density at radius 2 is 1.69 bits per heavy atom. The molecule has 5 nitrogen and oxygen atoms in total. The molecule has 0 spiro atoms. The molecule has 0 aliphatic heterocycles. The fraction of sp³-hybridized carbons (Fsp3) is 0.857. The van der Waals surface area contributed by atoms with Crippen molar-refractivity contribution in [2.45, 2.75) is 33.1 Å². The molecule has 0 radical (unpaired) electrons. The number of carboxylic acids is 1. The molecule has 0 saturated carbocycles. The summed E-state index contributed by atoms with van der Waals surface area (Å²) < 4.78 is 29.0. The van der Waals surface area contributed by atoms with E-state index in [1.165, 1.54) is 0 Å². The molecule has 0 atom stereocenters. The molecular formula is C7H14O5S-2. The largest absolute Gasteiger partial charge is 0.748 e. The van der Waals surface area contributed by atoms with Gasteiger partial charge in [0.1, 0.15) is 0 Å². The van der Waals surface area contributed by atoms with Gasteiger partial charge in [-0.2, -0.15) is 0 Å². The van der Waals surface area contributed by atoms with Crippen molar-refractivity contribution >= 4 is 16.1 Å². The Labute approximate surface area is 78.5 Å². The lowest BCUT2D eigenvalue weighted by Crippen LogP contribution is -2.20. The summed E-state index contributed by atoms with van der Waals surface area (Å²) in [6.07, 6.45) is 1.26. The van der Waals surface area contributed by atoms with Gasteiger partial charge in [-0.25, -0.2) is 8.42 Å². The average Bonchev–Trinajstić information content (AvgIpc) is 1.84. The van der Waals surface area contributed by atoms with Gasteiger partial charge in [0, 0.05) is 11.7 Å². The number of hydrogen-bond donors (Lipinski definition) is 0. The maximum atomic E-state index is 9.68. The van der Waals surface area contributed by atoms with E-state index in [-0.39, 0.29) is 12.2 Å². The molecule has 0 unspecified atom stereocenters. The van der Waals surface area contributed by atoms with Gasteiger partial charge < -0.3 is 14.5 Å². The predicted octanol–water partition coefficient (Wildman–Crippen LogP) is -0.522. The van der Waals surface area contributed by atoms with Gasteiger partial charge in [0.15, 0.2) is 0 Å². The molecule has 6 heteroatoms. The number of carbonyl (C=O) groups excluding carboxylic acids is 1. The van der Waals surface area contributed by atoms with Crippen molar-refractivity contribution in [2.75, 3.05) is 5.75 Å². The highest BCUT2D eigenvalue weighted by Crippen LogP contribution is 1.83. The lowest BCUT2D eigenvalue weighted by Gasteiger charge is -2.00. The van der Waals surface area contributed by atoms with Gasteiger partial charge in [-0.1, -0.05) is 20.3 Å². The number of carboxylic acid groups (broad SMARTS) is 1. The minimum atomic E-state index is -3.92. The molecule has 0 heterocycles. The lowest BCUT2D eigenvalue weighted by molar-refractivity contribution is -0.305. The third-order valence-electron chi connectivity index (χ3n) is 0.908. The Kier molecular flexibility index (Phi) is 9.16. The molecule has 0 fully saturated rings. The quantitative estimate of drug-likeness (QED) is 0.581. The van der Waals surface area contributed by atoms with Crippen molar-refractivity contribution in [2.24, 2.45) is 0 Å². The Morgan fingerprint density at radius 1 is 1.23 bits per heavy atom. The topological polar surface area (TPSA) is 97.3 Å². The summed E-state index contributed by atoms with van der Waals surface area (Å²) in [4.78, 5) is 9.49. The third kappa shape index (κ3) is 24.6. The maximum absolute atomic E-state index is 9.68. The Balaban J connectivity index is 0. The molecule has 0 rings (SSSR count). The molecule has 0 aromatic heterocycles. The molecule has 0 amide bonds. The van der Waals surface area contributed by atoms with Crippen molar-refractivity contribution in [3.63, 3.8) is 0 Å². The fourth-order valence-corrected chi connectivity index (χ4v) is 0.954. The predicted molar refractivity (Wildman–Crippen MR) is 44.8 cm³/mol. The van der Waals surface area contributed by atoms with Crippen molar-refractivity contribution in [1.29, 1.82) is 0 Å². The SMILES string of the molecule is CCCC(=O)[O-].CCCS(=O)(=O)[O-]. The minimum Gasteiger partial charge on any atom is -0.748 e. The van der Waals surface area contributed by atoms with Crippen LogP contribution in [-0.2, 0) is 14.9 Å². The molecule has 0 N–H and O–H groups in total. The smallest absolute Gasteiger partial charge is 0.0945 e. The Hall–Kier alpha value is -0.620. The van der Waals surface area contributed by atoms with Crippen LogP contribution in [0.4, 0.5) is 0 Å². The zero-order valence-corrected chi connectivity index (χ0v) is 8.59. The molecule has 0 bridgehead atoms. The van der Waals surface area contributed by atoms with E-state index in [9.17, 15) is 22.9 Å². The van der Waals surface area contributed by atoms with Gasteiger partial charge in [0.25, 0.3) is 0 Å². The fourth-order valence-electron chi connectivity index (χ4n) is 0.454. The van der Waals surface area contributed by atoms with E-state index in [4.69, 9.17) is 0 Å². The second-order valence-electron chi connectivity index (χ2n) is 2.38. The van der Waals surface area contributed by atoms with Crippen LogP contribution in [0.1, 0.15) is 33.1 Å². The first-order valence-corrected chi connectivity index (χ1v) is 5.54. The van der Waals surface area contributed by atoms with E-state index in [0.29, 0.717) is 12.8 Å². The van der Waals surface area contributed by atoms with Crippen LogP contribution in [0.3, 0.4) is 0 Å². The van der Waals surface area contributed by atoms with Gasteiger partial charge in [-0.3, -0.25) is 0 Å². The average molecular weight is 210 g/mol. The van der Waals surface area contributed by atoms with Crippen molar-refractivity contribution < 1.29 is 22.9 Å². The summed E-state index contributed by atoms with van der Waals surface area (Å²) in [7, 11) is -3.92. The molecule has 0 saturated heterocycles. The van der Waals surface area contributed by atoms with E-state index in [1.54, 1.807) is 13.8 Å². The molecule has 0 aromatic carbocycles. The van der Waals surface area contributed by atoms with Gasteiger partial charge >= 0.3 is 0 Å². The molecule has 0 aromatic rings. The van der Waals surface area contributed by atoms with Crippen LogP contribution in [0, 0.1) is 0 Å². The summed E-state index contributed by atoms with van der Waals surface area (Å²) in [6.45, 7) is 3.45. The number of aliphatic carboxylic acids is 1. The number of hydrogen-bond acceptors (Lipinski definition) is 5. The lowest BCUT2D eigenvalue weighted by atomic mass is 10.4. The van der Waals surface area contributed by atoms with E-state index in [0.717, 1.165) is 0 Å². The standard InChI is InChI=1S/C4H8O2.C3H8O3S/c1-2-3-4(5)6;1-2-3-7(4,5)6/h2-3H2,1H3,(H,5,6);2-3H2,1H3,(H,4,5,6)/p-2. The highest BCUT2D eigenvalue weighted by Gasteiger charge is 1.86. The Morgan fingerprint density at radius 3 is 1.69 bits per heavy atom. The molecule has 0 aliphatic carbocycles. The van der Waals surface area contributed by atoms with E-state index in [1.807, 2.05) is 0 Å². The molecule has 80 valence electrons. The molecule has 0 aliphatic rings. The Bertz CT molecular complexity index is 219. The van der Waals surface area contributed by atoms with Gasteiger partial charge in [-0.05, 0) is 12.8 Å². The monoisotopic (exact) mass is 210 g/mol. The van der Waals surface area contributed by atoms with Crippen LogP contribution in [0.5, 0.6) is 0 Å². The first-order chi connectivity index (χ1) is 5.83. The van der Waals surface area contributed by atoms with Crippen LogP contribution in [-0.4, -0.2) is 24.7 Å². The second-order valence-corrected chi connectivity index (χ2v) is 3.91. The van der Waals surface area contributed by atoms with Crippen LogP contribution in [0.25, 0.3) is 0 Å². The van der Waals surface area contributed by atoms with Crippen LogP contribution < -0.4 is 5.11 Å². The van der Waals surface area contributed by atoms with Gasteiger partial charge in [0.2, 0.25) is 0 Å². The number of rotatable bonds is 4. The minimum absolute atomic E-state index is 0.181. The summed E-state index contributed by atoms with van der Waals surface area (Å²) in [6, 6.07) is 0. The van der Waals surface area contributed by atoms with Crippen molar-refractivity contribution in [3.8, 4) is 0 Å². The summed E-state index contributed by atoms with van der Waals surface area (Å²) in [5, 5.41) is 9.49.